The summed E-state index contributed by atoms with van der Waals surface area (Å²) in [6, 6.07) is 19.4. The van der Waals surface area contributed by atoms with Crippen LogP contribution in [0.15, 0.2) is 82.6 Å². The van der Waals surface area contributed by atoms with Crippen LogP contribution < -0.4 is 18.4 Å². The van der Waals surface area contributed by atoms with E-state index in [2.05, 4.69) is 0 Å². The van der Waals surface area contributed by atoms with Crippen molar-refractivity contribution >= 4 is 39.1 Å². The lowest BCUT2D eigenvalue weighted by Gasteiger charge is -2.14. The Hall–Kier alpha value is -3.96. The number of rotatable bonds is 11. The number of thioether (sulfide) groups is 1. The highest BCUT2D eigenvalue weighted by atomic mass is 32.2. The topological polar surface area (TPSA) is 108 Å². The molecule has 9 nitrogen and oxygen atoms in total. The zero-order valence-electron chi connectivity index (χ0n) is 20.7. The Balaban J connectivity index is 1.47. The molecule has 1 aliphatic heterocycles. The average Bonchev–Trinajstić information content (AvgIpc) is 3.18. The Morgan fingerprint density at radius 3 is 2.29 bits per heavy atom. The summed E-state index contributed by atoms with van der Waals surface area (Å²) >= 11 is 0.812. The summed E-state index contributed by atoms with van der Waals surface area (Å²) in [6.07, 6.45) is 1.55. The van der Waals surface area contributed by atoms with E-state index in [0.717, 1.165) is 16.7 Å². The Morgan fingerprint density at radius 2 is 1.58 bits per heavy atom. The first-order chi connectivity index (χ1) is 18.3. The molecule has 3 aromatic carbocycles. The molecule has 0 radical (unpaired) electrons. The van der Waals surface area contributed by atoms with Gasteiger partial charge in [0.1, 0.15) is 11.5 Å². The number of para-hydroxylation sites is 2. The van der Waals surface area contributed by atoms with Crippen molar-refractivity contribution in [1.29, 1.82) is 0 Å². The van der Waals surface area contributed by atoms with Gasteiger partial charge in [-0.25, -0.2) is 0 Å². The van der Waals surface area contributed by atoms with Crippen LogP contribution >= 0.6 is 11.8 Å². The fourth-order valence-corrected chi connectivity index (χ4v) is 5.36. The lowest BCUT2D eigenvalue weighted by Crippen LogP contribution is -2.32. The summed E-state index contributed by atoms with van der Waals surface area (Å²) in [5.74, 6) is 0.807. The minimum Gasteiger partial charge on any atom is -0.493 e. The molecule has 1 fully saturated rings. The van der Waals surface area contributed by atoms with Crippen LogP contribution in [0.1, 0.15) is 12.5 Å². The lowest BCUT2D eigenvalue weighted by molar-refractivity contribution is -0.123. The van der Waals surface area contributed by atoms with E-state index in [4.69, 9.17) is 18.4 Å². The molecular weight excluding hydrogens is 530 g/mol. The normalized spacial score (nSPS) is 14.6. The summed E-state index contributed by atoms with van der Waals surface area (Å²) in [4.78, 5) is 26.8. The van der Waals surface area contributed by atoms with Gasteiger partial charge in [0.2, 0.25) is 0 Å². The minimum absolute atomic E-state index is 0.00875. The predicted molar refractivity (Wildman–Crippen MR) is 143 cm³/mol. The molecule has 0 N–H and O–H groups in total. The van der Waals surface area contributed by atoms with Gasteiger partial charge in [-0.1, -0.05) is 36.4 Å². The SMILES string of the molecule is CCOc1cc(/C=C2\SC(=O)N(CCOc3ccccc3OC)C2=O)ccc1OS(=O)(=O)c1ccccc1. The Bertz CT molecular complexity index is 1450. The van der Waals surface area contributed by atoms with E-state index >= 15 is 0 Å². The van der Waals surface area contributed by atoms with Gasteiger partial charge in [0.05, 0.1) is 25.2 Å². The van der Waals surface area contributed by atoms with Crippen LogP contribution in [-0.4, -0.2) is 51.3 Å². The van der Waals surface area contributed by atoms with Gasteiger partial charge >= 0.3 is 10.1 Å². The molecule has 3 aromatic rings. The van der Waals surface area contributed by atoms with Crippen molar-refractivity contribution in [2.24, 2.45) is 0 Å². The Morgan fingerprint density at radius 1 is 0.868 bits per heavy atom. The van der Waals surface area contributed by atoms with Crippen molar-refractivity contribution in [2.75, 3.05) is 26.9 Å². The second kappa shape index (κ2) is 12.1. The molecule has 4 rings (SSSR count). The third-order valence-electron chi connectivity index (χ3n) is 5.31. The molecule has 1 saturated heterocycles. The molecule has 1 heterocycles. The number of imide groups is 1. The molecule has 38 heavy (non-hydrogen) atoms. The molecule has 0 atom stereocenters. The van der Waals surface area contributed by atoms with E-state index in [1.807, 2.05) is 6.07 Å². The maximum atomic E-state index is 12.9. The monoisotopic (exact) mass is 555 g/mol. The summed E-state index contributed by atoms with van der Waals surface area (Å²) in [5.41, 5.74) is 0.536. The summed E-state index contributed by atoms with van der Waals surface area (Å²) < 4.78 is 47.1. The van der Waals surface area contributed by atoms with Crippen molar-refractivity contribution in [3.63, 3.8) is 0 Å². The van der Waals surface area contributed by atoms with Gasteiger partial charge in [-0.15, -0.1) is 0 Å². The lowest BCUT2D eigenvalue weighted by atomic mass is 10.2. The first-order valence-electron chi connectivity index (χ1n) is 11.6. The number of carbonyl (C=O) groups is 2. The summed E-state index contributed by atoms with van der Waals surface area (Å²) in [5, 5.41) is -0.413. The predicted octanol–water partition coefficient (Wildman–Crippen LogP) is 4.98. The van der Waals surface area contributed by atoms with Crippen LogP contribution in [0.25, 0.3) is 6.08 Å². The molecule has 11 heteroatoms. The fourth-order valence-electron chi connectivity index (χ4n) is 3.53. The molecule has 0 unspecified atom stereocenters. The smallest absolute Gasteiger partial charge is 0.339 e. The third kappa shape index (κ3) is 6.29. The first-order valence-corrected chi connectivity index (χ1v) is 13.8. The quantitative estimate of drug-likeness (QED) is 0.239. The molecule has 0 aromatic heterocycles. The van der Waals surface area contributed by atoms with Crippen molar-refractivity contribution in [1.82, 2.24) is 4.90 Å². The maximum Gasteiger partial charge on any atom is 0.339 e. The molecular formula is C27H25NO8S2. The standard InChI is InChI=1S/C27H25NO8S2/c1-3-34-24-17-19(13-14-23(24)36-38(31,32)20-9-5-4-6-10-20)18-25-26(29)28(27(30)37-25)15-16-35-22-12-8-7-11-21(22)33-2/h4-14,17-18H,3,15-16H2,1-2H3/b25-18-. The van der Waals surface area contributed by atoms with Crippen LogP contribution in [0.4, 0.5) is 4.79 Å². The number of ether oxygens (including phenoxy) is 3. The van der Waals surface area contributed by atoms with E-state index in [1.54, 1.807) is 61.5 Å². The van der Waals surface area contributed by atoms with Crippen LogP contribution in [0.2, 0.25) is 0 Å². The van der Waals surface area contributed by atoms with Crippen molar-refractivity contribution in [3.05, 3.63) is 83.3 Å². The van der Waals surface area contributed by atoms with E-state index < -0.39 is 21.3 Å². The molecule has 2 amide bonds. The maximum absolute atomic E-state index is 12.9. The van der Waals surface area contributed by atoms with E-state index in [0.29, 0.717) is 17.1 Å². The minimum atomic E-state index is -4.07. The van der Waals surface area contributed by atoms with Gasteiger partial charge in [-0.05, 0) is 66.7 Å². The second-order valence-electron chi connectivity index (χ2n) is 7.82. The van der Waals surface area contributed by atoms with Gasteiger partial charge < -0.3 is 18.4 Å². The van der Waals surface area contributed by atoms with Gasteiger partial charge in [-0.2, -0.15) is 8.42 Å². The van der Waals surface area contributed by atoms with Gasteiger partial charge in [0.25, 0.3) is 11.1 Å². The first kappa shape index (κ1) is 27.1. The number of nitrogens with zero attached hydrogens (tertiary/aromatic N) is 1. The second-order valence-corrected chi connectivity index (χ2v) is 10.4. The number of hydrogen-bond donors (Lipinski definition) is 0. The van der Waals surface area contributed by atoms with E-state index in [9.17, 15) is 18.0 Å². The molecule has 0 saturated carbocycles. The van der Waals surface area contributed by atoms with Crippen molar-refractivity contribution in [2.45, 2.75) is 11.8 Å². The highest BCUT2D eigenvalue weighted by molar-refractivity contribution is 8.18. The highest BCUT2D eigenvalue weighted by Crippen LogP contribution is 2.36. The number of methoxy groups -OCH3 is 1. The van der Waals surface area contributed by atoms with Crippen LogP contribution in [-0.2, 0) is 14.9 Å². The van der Waals surface area contributed by atoms with Crippen LogP contribution in [0.5, 0.6) is 23.0 Å². The molecule has 1 aliphatic rings. The third-order valence-corrected chi connectivity index (χ3v) is 7.47. The summed E-state index contributed by atoms with van der Waals surface area (Å²) in [6.45, 7) is 2.17. The zero-order chi connectivity index (χ0) is 27.1. The van der Waals surface area contributed by atoms with Crippen LogP contribution in [0.3, 0.4) is 0 Å². The molecule has 0 aliphatic carbocycles. The van der Waals surface area contributed by atoms with E-state index in [-0.39, 0.29) is 41.1 Å². The zero-order valence-corrected chi connectivity index (χ0v) is 22.3. The molecule has 0 spiro atoms. The molecule has 0 bridgehead atoms. The highest BCUT2D eigenvalue weighted by Gasteiger charge is 2.35. The number of benzene rings is 3. The number of carbonyl (C=O) groups excluding carboxylic acids is 2. The van der Waals surface area contributed by atoms with Gasteiger partial charge in [0, 0.05) is 0 Å². The average molecular weight is 556 g/mol. The van der Waals surface area contributed by atoms with E-state index in [1.165, 1.54) is 25.3 Å². The summed E-state index contributed by atoms with van der Waals surface area (Å²) in [7, 11) is -2.54. The Kier molecular flexibility index (Phi) is 8.59. The number of hydrogen-bond acceptors (Lipinski definition) is 9. The van der Waals surface area contributed by atoms with Crippen molar-refractivity contribution < 1.29 is 36.4 Å². The Labute approximate surface area is 225 Å². The fraction of sp³-hybridized carbons (Fsp3) is 0.185. The number of amides is 2. The van der Waals surface area contributed by atoms with Gasteiger partial charge in [-0.3, -0.25) is 14.5 Å². The van der Waals surface area contributed by atoms with Crippen molar-refractivity contribution in [3.8, 4) is 23.0 Å². The van der Waals surface area contributed by atoms with Gasteiger partial charge in [0.15, 0.2) is 23.0 Å². The largest absolute Gasteiger partial charge is 0.493 e. The van der Waals surface area contributed by atoms with Crippen LogP contribution in [0, 0.1) is 0 Å². The molecule has 198 valence electrons.